The molecule has 0 aromatic carbocycles. The smallest absolute Gasteiger partial charge is 0.317 e. The Labute approximate surface area is 67.2 Å². The van der Waals surface area contributed by atoms with E-state index in [9.17, 15) is 4.79 Å². The van der Waals surface area contributed by atoms with Crippen LogP contribution in [-0.2, 0) is 9.53 Å². The number of hydrogen-bond donors (Lipinski definition) is 0. The average Bonchev–Trinajstić information content (AvgIpc) is 2.09. The second kappa shape index (κ2) is 3.07. The third-order valence-corrected chi connectivity index (χ3v) is 1.73. The van der Waals surface area contributed by atoms with E-state index in [1.165, 1.54) is 0 Å². The molecular formula is C9H14O2. The minimum Gasteiger partial charge on any atom is -0.431 e. The lowest BCUT2D eigenvalue weighted by Gasteiger charge is -2.06. The van der Waals surface area contributed by atoms with E-state index in [4.69, 9.17) is 4.74 Å². The Morgan fingerprint density at radius 2 is 2.27 bits per heavy atom. The molecule has 0 amide bonds. The Hall–Kier alpha value is -0.790. The number of rotatable bonds is 2. The number of cyclic esters (lactones) is 1. The highest BCUT2D eigenvalue weighted by molar-refractivity contribution is 5.78. The van der Waals surface area contributed by atoms with E-state index in [0.29, 0.717) is 5.92 Å². The van der Waals surface area contributed by atoms with Crippen molar-refractivity contribution in [3.63, 3.8) is 0 Å². The average molecular weight is 154 g/mol. The first kappa shape index (κ1) is 8.31. The highest BCUT2D eigenvalue weighted by Crippen LogP contribution is 2.23. The molecule has 0 spiro atoms. The van der Waals surface area contributed by atoms with Crippen molar-refractivity contribution in [1.82, 2.24) is 0 Å². The summed E-state index contributed by atoms with van der Waals surface area (Å²) in [6.07, 6.45) is 2.80. The molecule has 2 nitrogen and oxygen atoms in total. The number of carbonyl (C=O) groups excluding carboxylic acids is 1. The molecule has 11 heavy (non-hydrogen) atoms. The van der Waals surface area contributed by atoms with Gasteiger partial charge in [-0.25, -0.2) is 0 Å². The van der Waals surface area contributed by atoms with Crippen molar-refractivity contribution >= 4 is 5.97 Å². The van der Waals surface area contributed by atoms with E-state index >= 15 is 0 Å². The zero-order valence-corrected chi connectivity index (χ0v) is 7.26. The largest absolute Gasteiger partial charge is 0.431 e. The third kappa shape index (κ3) is 2.07. The molecule has 62 valence electrons. The predicted molar refractivity (Wildman–Crippen MR) is 42.8 cm³/mol. The van der Waals surface area contributed by atoms with Crippen molar-refractivity contribution in [3.05, 3.63) is 11.8 Å². The van der Waals surface area contributed by atoms with Gasteiger partial charge >= 0.3 is 5.97 Å². The fourth-order valence-corrected chi connectivity index (χ4v) is 1.29. The summed E-state index contributed by atoms with van der Waals surface area (Å²) in [5, 5.41) is 0. The Balaban J connectivity index is 2.52. The molecule has 0 aromatic rings. The van der Waals surface area contributed by atoms with Crippen LogP contribution in [0.25, 0.3) is 0 Å². The molecule has 0 saturated heterocycles. The molecule has 0 fully saturated rings. The Morgan fingerprint density at radius 1 is 1.64 bits per heavy atom. The summed E-state index contributed by atoms with van der Waals surface area (Å²) >= 11 is 0. The lowest BCUT2D eigenvalue weighted by Crippen LogP contribution is -2.10. The van der Waals surface area contributed by atoms with Gasteiger partial charge in [0.2, 0.25) is 0 Å². The SMILES string of the molecule is CC1=CC(CC(C)C)C(=O)O1. The summed E-state index contributed by atoms with van der Waals surface area (Å²) in [4.78, 5) is 11.0. The molecule has 0 N–H and O–H groups in total. The van der Waals surface area contributed by atoms with Crippen molar-refractivity contribution in [2.24, 2.45) is 11.8 Å². The van der Waals surface area contributed by atoms with E-state index in [2.05, 4.69) is 13.8 Å². The minimum absolute atomic E-state index is 0.00926. The maximum atomic E-state index is 11.0. The van der Waals surface area contributed by atoms with Crippen LogP contribution in [-0.4, -0.2) is 5.97 Å². The van der Waals surface area contributed by atoms with Gasteiger partial charge in [0.05, 0.1) is 5.92 Å². The highest BCUT2D eigenvalue weighted by atomic mass is 16.5. The molecule has 0 aromatic heterocycles. The molecule has 2 heteroatoms. The van der Waals surface area contributed by atoms with Crippen LogP contribution in [0.1, 0.15) is 27.2 Å². The Morgan fingerprint density at radius 3 is 2.64 bits per heavy atom. The summed E-state index contributed by atoms with van der Waals surface area (Å²) < 4.78 is 4.90. The maximum absolute atomic E-state index is 11.0. The van der Waals surface area contributed by atoms with Crippen LogP contribution in [0.5, 0.6) is 0 Å². The van der Waals surface area contributed by atoms with Crippen molar-refractivity contribution in [2.75, 3.05) is 0 Å². The molecule has 1 aliphatic rings. The standard InChI is InChI=1S/C9H14O2/c1-6(2)4-8-5-7(3)11-9(8)10/h5-6,8H,4H2,1-3H3. The molecule has 1 atom stereocenters. The molecule has 1 rings (SSSR count). The van der Waals surface area contributed by atoms with Crippen molar-refractivity contribution in [3.8, 4) is 0 Å². The normalized spacial score (nSPS) is 23.8. The predicted octanol–water partition coefficient (Wildman–Crippen LogP) is 2.11. The zero-order chi connectivity index (χ0) is 8.43. The fourth-order valence-electron chi connectivity index (χ4n) is 1.29. The quantitative estimate of drug-likeness (QED) is 0.569. The van der Waals surface area contributed by atoms with E-state index in [0.717, 1.165) is 12.2 Å². The van der Waals surface area contributed by atoms with Crippen molar-refractivity contribution < 1.29 is 9.53 Å². The molecule has 0 saturated carbocycles. The minimum atomic E-state index is -0.0869. The topological polar surface area (TPSA) is 26.3 Å². The monoisotopic (exact) mass is 154 g/mol. The van der Waals surface area contributed by atoms with Gasteiger partial charge in [0.1, 0.15) is 5.76 Å². The molecule has 0 bridgehead atoms. The van der Waals surface area contributed by atoms with Gasteiger partial charge in [-0.1, -0.05) is 13.8 Å². The maximum Gasteiger partial charge on any atom is 0.317 e. The second-order valence-corrected chi connectivity index (χ2v) is 3.43. The van der Waals surface area contributed by atoms with E-state index in [1.54, 1.807) is 0 Å². The van der Waals surface area contributed by atoms with Gasteiger partial charge in [0.15, 0.2) is 0 Å². The van der Waals surface area contributed by atoms with E-state index in [1.807, 2.05) is 13.0 Å². The number of hydrogen-bond acceptors (Lipinski definition) is 2. The van der Waals surface area contributed by atoms with Gasteiger partial charge < -0.3 is 4.74 Å². The first-order valence-electron chi connectivity index (χ1n) is 3.99. The van der Waals surface area contributed by atoms with Crippen LogP contribution in [0.4, 0.5) is 0 Å². The van der Waals surface area contributed by atoms with Crippen LogP contribution in [0, 0.1) is 11.8 Å². The van der Waals surface area contributed by atoms with Crippen molar-refractivity contribution in [1.29, 1.82) is 0 Å². The first-order valence-corrected chi connectivity index (χ1v) is 3.99. The van der Waals surface area contributed by atoms with Gasteiger partial charge in [0.25, 0.3) is 0 Å². The molecule has 1 unspecified atom stereocenters. The molecule has 1 heterocycles. The van der Waals surface area contributed by atoms with E-state index in [-0.39, 0.29) is 11.9 Å². The molecule has 0 aliphatic carbocycles. The van der Waals surface area contributed by atoms with Gasteiger partial charge in [-0.2, -0.15) is 0 Å². The van der Waals surface area contributed by atoms with Gasteiger partial charge in [0, 0.05) is 0 Å². The molecule has 0 radical (unpaired) electrons. The molecule has 1 aliphatic heterocycles. The van der Waals surface area contributed by atoms with Gasteiger partial charge in [-0.3, -0.25) is 4.79 Å². The summed E-state index contributed by atoms with van der Waals surface area (Å²) in [5.41, 5.74) is 0. The van der Waals surface area contributed by atoms with Crippen LogP contribution in [0.3, 0.4) is 0 Å². The summed E-state index contributed by atoms with van der Waals surface area (Å²) in [5.74, 6) is 1.22. The lowest BCUT2D eigenvalue weighted by molar-refractivity contribution is -0.140. The van der Waals surface area contributed by atoms with E-state index < -0.39 is 0 Å². The van der Waals surface area contributed by atoms with Crippen LogP contribution < -0.4 is 0 Å². The van der Waals surface area contributed by atoms with Gasteiger partial charge in [-0.05, 0) is 25.3 Å². The van der Waals surface area contributed by atoms with Crippen LogP contribution in [0.2, 0.25) is 0 Å². The fraction of sp³-hybridized carbons (Fsp3) is 0.667. The first-order chi connectivity index (χ1) is 5.09. The number of allylic oxidation sites excluding steroid dienone is 1. The van der Waals surface area contributed by atoms with Crippen LogP contribution in [0.15, 0.2) is 11.8 Å². The summed E-state index contributed by atoms with van der Waals surface area (Å²) in [6.45, 7) is 6.03. The highest BCUT2D eigenvalue weighted by Gasteiger charge is 2.25. The van der Waals surface area contributed by atoms with Gasteiger partial charge in [-0.15, -0.1) is 0 Å². The number of esters is 1. The third-order valence-electron chi connectivity index (χ3n) is 1.73. The summed E-state index contributed by atoms with van der Waals surface area (Å²) in [6, 6.07) is 0. The second-order valence-electron chi connectivity index (χ2n) is 3.43. The molecular weight excluding hydrogens is 140 g/mol. The number of ether oxygens (including phenoxy) is 1. The Bertz CT molecular complexity index is 192. The Kier molecular flexibility index (Phi) is 2.32. The number of carbonyl (C=O) groups is 1. The summed E-state index contributed by atoms with van der Waals surface area (Å²) in [7, 11) is 0. The van der Waals surface area contributed by atoms with Crippen molar-refractivity contribution in [2.45, 2.75) is 27.2 Å². The zero-order valence-electron chi connectivity index (χ0n) is 7.26. The van der Waals surface area contributed by atoms with Crippen LogP contribution >= 0.6 is 0 Å². The lowest BCUT2D eigenvalue weighted by atomic mass is 9.98.